The van der Waals surface area contributed by atoms with Crippen LogP contribution in [0.1, 0.15) is 29.9 Å². The van der Waals surface area contributed by atoms with E-state index in [4.69, 9.17) is 16.1 Å². The van der Waals surface area contributed by atoms with Crippen molar-refractivity contribution in [3.05, 3.63) is 40.5 Å². The summed E-state index contributed by atoms with van der Waals surface area (Å²) in [6.45, 7) is 5.38. The third kappa shape index (κ3) is 2.12. The van der Waals surface area contributed by atoms with Gasteiger partial charge in [0.15, 0.2) is 0 Å². The second kappa shape index (κ2) is 4.98. The molecule has 106 valence electrons. The van der Waals surface area contributed by atoms with Gasteiger partial charge in [0.05, 0.1) is 18.2 Å². The second-order valence-electron chi connectivity index (χ2n) is 5.09. The molecule has 1 unspecified atom stereocenters. The van der Waals surface area contributed by atoms with Crippen LogP contribution < -0.4 is 0 Å². The molecule has 1 aliphatic heterocycles. The maximum absolute atomic E-state index is 12.5. The highest BCUT2D eigenvalue weighted by molar-refractivity contribution is 6.29. The fourth-order valence-electron chi connectivity index (χ4n) is 2.73. The van der Waals surface area contributed by atoms with E-state index in [9.17, 15) is 4.79 Å². The number of fused-ring (bicyclic) bond motifs is 1. The van der Waals surface area contributed by atoms with Crippen LogP contribution in [0.15, 0.2) is 22.9 Å². The lowest BCUT2D eigenvalue weighted by atomic mass is 10.1. The molecule has 0 saturated heterocycles. The number of hydrogen-bond donors (Lipinski definition) is 0. The Morgan fingerprint density at radius 1 is 1.55 bits per heavy atom. The lowest BCUT2D eigenvalue weighted by molar-refractivity contribution is -0.133. The number of amides is 1. The summed E-state index contributed by atoms with van der Waals surface area (Å²) in [4.78, 5) is 14.4. The topological polar surface area (TPSA) is 51.3 Å². The van der Waals surface area contributed by atoms with E-state index in [-0.39, 0.29) is 23.6 Å². The Morgan fingerprint density at radius 3 is 3.05 bits per heavy atom. The minimum absolute atomic E-state index is 0.0538. The summed E-state index contributed by atoms with van der Waals surface area (Å²) >= 11 is 5.92. The first kappa shape index (κ1) is 13.2. The van der Waals surface area contributed by atoms with E-state index in [0.29, 0.717) is 17.8 Å². The Labute approximate surface area is 122 Å². The summed E-state index contributed by atoms with van der Waals surface area (Å²) in [6, 6.07) is 4.15. The van der Waals surface area contributed by atoms with Gasteiger partial charge in [-0.15, -0.1) is 0 Å². The molecule has 1 amide bonds. The van der Waals surface area contributed by atoms with Crippen molar-refractivity contribution in [2.75, 3.05) is 6.54 Å². The van der Waals surface area contributed by atoms with Crippen LogP contribution >= 0.6 is 11.6 Å². The van der Waals surface area contributed by atoms with Crippen molar-refractivity contribution in [1.82, 2.24) is 14.6 Å². The summed E-state index contributed by atoms with van der Waals surface area (Å²) in [5.41, 5.74) is 2.53. The summed E-state index contributed by atoms with van der Waals surface area (Å²) in [5.74, 6) is 0.0538. The average Bonchev–Trinajstić information content (AvgIpc) is 3.01. The molecule has 1 aliphatic rings. The van der Waals surface area contributed by atoms with E-state index >= 15 is 0 Å². The SMILES string of the molecule is Cc1noc(Cl)c1CC(=O)N1CCn2cccc2C1C. The molecule has 3 heterocycles. The molecular weight excluding hydrogens is 278 g/mol. The van der Waals surface area contributed by atoms with Crippen LogP contribution in [0.5, 0.6) is 0 Å². The largest absolute Gasteiger partial charge is 0.348 e. The van der Waals surface area contributed by atoms with Crippen LogP contribution in [-0.4, -0.2) is 27.1 Å². The van der Waals surface area contributed by atoms with Crippen molar-refractivity contribution < 1.29 is 9.32 Å². The van der Waals surface area contributed by atoms with Crippen LogP contribution in [-0.2, 0) is 17.8 Å². The Morgan fingerprint density at radius 2 is 2.35 bits per heavy atom. The van der Waals surface area contributed by atoms with Gasteiger partial charge in [-0.1, -0.05) is 5.16 Å². The smallest absolute Gasteiger partial charge is 0.229 e. The molecule has 0 spiro atoms. The van der Waals surface area contributed by atoms with Crippen molar-refractivity contribution in [3.8, 4) is 0 Å². The zero-order chi connectivity index (χ0) is 14.3. The number of halogens is 1. The minimum Gasteiger partial charge on any atom is -0.348 e. The zero-order valence-electron chi connectivity index (χ0n) is 11.5. The van der Waals surface area contributed by atoms with Crippen LogP contribution in [0.25, 0.3) is 0 Å². The predicted octanol–water partition coefficient (Wildman–Crippen LogP) is 2.58. The molecule has 3 rings (SSSR count). The summed E-state index contributed by atoms with van der Waals surface area (Å²) in [6.07, 6.45) is 2.29. The standard InChI is InChI=1S/C14H16ClN3O2/c1-9-11(14(15)20-16-9)8-13(19)18-7-6-17-5-3-4-12(17)10(18)2/h3-5,10H,6-8H2,1-2H3. The van der Waals surface area contributed by atoms with Crippen molar-refractivity contribution in [2.24, 2.45) is 0 Å². The quantitative estimate of drug-likeness (QED) is 0.855. The van der Waals surface area contributed by atoms with E-state index in [1.165, 1.54) is 0 Å². The van der Waals surface area contributed by atoms with Crippen LogP contribution in [0, 0.1) is 6.92 Å². The highest BCUT2D eigenvalue weighted by atomic mass is 35.5. The molecule has 6 heteroatoms. The molecule has 20 heavy (non-hydrogen) atoms. The minimum atomic E-state index is 0.0538. The van der Waals surface area contributed by atoms with E-state index in [2.05, 4.69) is 22.0 Å². The molecule has 0 N–H and O–H groups in total. The lowest BCUT2D eigenvalue weighted by Crippen LogP contribution is -2.41. The third-order valence-electron chi connectivity index (χ3n) is 3.93. The molecule has 0 radical (unpaired) electrons. The van der Waals surface area contributed by atoms with Gasteiger partial charge in [0.1, 0.15) is 0 Å². The first-order chi connectivity index (χ1) is 9.58. The van der Waals surface area contributed by atoms with Crippen LogP contribution in [0.4, 0.5) is 0 Å². The molecule has 0 bridgehead atoms. The van der Waals surface area contributed by atoms with Gasteiger partial charge in [-0.2, -0.15) is 0 Å². The fourth-order valence-corrected chi connectivity index (χ4v) is 2.97. The van der Waals surface area contributed by atoms with Gasteiger partial charge in [-0.3, -0.25) is 4.79 Å². The van der Waals surface area contributed by atoms with Crippen molar-refractivity contribution >= 4 is 17.5 Å². The Bertz CT molecular complexity index is 627. The molecule has 1 atom stereocenters. The maximum atomic E-state index is 12.5. The van der Waals surface area contributed by atoms with E-state index in [0.717, 1.165) is 12.2 Å². The molecule has 2 aromatic heterocycles. The van der Waals surface area contributed by atoms with E-state index in [1.54, 1.807) is 6.92 Å². The molecule has 0 fully saturated rings. The summed E-state index contributed by atoms with van der Waals surface area (Å²) < 4.78 is 7.08. The van der Waals surface area contributed by atoms with E-state index in [1.807, 2.05) is 17.9 Å². The monoisotopic (exact) mass is 293 g/mol. The number of carbonyl (C=O) groups excluding carboxylic acids is 1. The van der Waals surface area contributed by atoms with E-state index < -0.39 is 0 Å². The van der Waals surface area contributed by atoms with Gasteiger partial charge in [0.25, 0.3) is 0 Å². The first-order valence-electron chi connectivity index (χ1n) is 6.63. The molecule has 0 saturated carbocycles. The summed E-state index contributed by atoms with van der Waals surface area (Å²) in [7, 11) is 0. The van der Waals surface area contributed by atoms with Crippen molar-refractivity contribution in [1.29, 1.82) is 0 Å². The second-order valence-corrected chi connectivity index (χ2v) is 5.43. The maximum Gasteiger partial charge on any atom is 0.229 e. The number of carbonyl (C=O) groups is 1. The zero-order valence-corrected chi connectivity index (χ0v) is 12.2. The molecule has 5 nitrogen and oxygen atoms in total. The highest BCUT2D eigenvalue weighted by Gasteiger charge is 2.28. The van der Waals surface area contributed by atoms with Crippen LogP contribution in [0.2, 0.25) is 5.22 Å². The van der Waals surface area contributed by atoms with Gasteiger partial charge in [0, 0.05) is 30.5 Å². The average molecular weight is 294 g/mol. The first-order valence-corrected chi connectivity index (χ1v) is 7.01. The third-order valence-corrected chi connectivity index (χ3v) is 4.22. The molecule has 2 aromatic rings. The lowest BCUT2D eigenvalue weighted by Gasteiger charge is -2.35. The van der Waals surface area contributed by atoms with Gasteiger partial charge in [-0.05, 0) is 37.6 Å². The highest BCUT2D eigenvalue weighted by Crippen LogP contribution is 2.27. The number of aryl methyl sites for hydroxylation is 1. The number of hydrogen-bond acceptors (Lipinski definition) is 3. The summed E-state index contributed by atoms with van der Waals surface area (Å²) in [5, 5.41) is 3.99. The number of nitrogens with zero attached hydrogens (tertiary/aromatic N) is 3. The molecule has 0 aliphatic carbocycles. The predicted molar refractivity (Wildman–Crippen MR) is 74.5 cm³/mol. The van der Waals surface area contributed by atoms with Gasteiger partial charge in [-0.25, -0.2) is 0 Å². The normalized spacial score (nSPS) is 18.1. The van der Waals surface area contributed by atoms with Gasteiger partial charge < -0.3 is 14.0 Å². The van der Waals surface area contributed by atoms with Crippen molar-refractivity contribution in [3.63, 3.8) is 0 Å². The van der Waals surface area contributed by atoms with Gasteiger partial charge >= 0.3 is 0 Å². The fraction of sp³-hybridized carbons (Fsp3) is 0.429. The molecular formula is C14H16ClN3O2. The Hall–Kier alpha value is -1.75. The number of rotatable bonds is 2. The Kier molecular flexibility index (Phi) is 3.30. The molecule has 0 aromatic carbocycles. The number of aromatic nitrogens is 2. The van der Waals surface area contributed by atoms with Crippen molar-refractivity contribution in [2.45, 2.75) is 32.9 Å². The Balaban J connectivity index is 1.79. The van der Waals surface area contributed by atoms with Crippen LogP contribution in [0.3, 0.4) is 0 Å². The van der Waals surface area contributed by atoms with Gasteiger partial charge in [0.2, 0.25) is 11.1 Å².